The molecule has 0 radical (unpaired) electrons. The van der Waals surface area contributed by atoms with Crippen molar-refractivity contribution in [3.05, 3.63) is 58.5 Å². The maximum Gasteiger partial charge on any atom is 0.339 e. The summed E-state index contributed by atoms with van der Waals surface area (Å²) >= 11 is 0. The van der Waals surface area contributed by atoms with Crippen LogP contribution in [0.2, 0.25) is 0 Å². The van der Waals surface area contributed by atoms with Crippen LogP contribution in [0.5, 0.6) is 0 Å². The number of likely N-dealkylation sites (tertiary alicyclic amines) is 1. The Kier molecular flexibility index (Phi) is 4.42. The van der Waals surface area contributed by atoms with Gasteiger partial charge in [-0.05, 0) is 30.9 Å². The van der Waals surface area contributed by atoms with Crippen molar-refractivity contribution >= 4 is 11.9 Å². The van der Waals surface area contributed by atoms with Crippen molar-refractivity contribution in [2.75, 3.05) is 6.54 Å². The van der Waals surface area contributed by atoms with Gasteiger partial charge in [0.05, 0.1) is 6.04 Å². The first-order valence-corrected chi connectivity index (χ1v) is 8.25. The molecule has 1 fully saturated rings. The predicted octanol–water partition coefficient (Wildman–Crippen LogP) is 3.83. The number of benzene rings is 1. The van der Waals surface area contributed by atoms with Gasteiger partial charge in [-0.15, -0.1) is 0 Å². The van der Waals surface area contributed by atoms with Gasteiger partial charge in [-0.1, -0.05) is 31.2 Å². The highest BCUT2D eigenvalue weighted by molar-refractivity contribution is 5.96. The molecule has 1 unspecified atom stereocenters. The molecule has 126 valence electrons. The van der Waals surface area contributed by atoms with Crippen LogP contribution in [0.1, 0.15) is 63.6 Å². The molecule has 0 aliphatic carbocycles. The van der Waals surface area contributed by atoms with E-state index in [1.54, 1.807) is 4.90 Å². The molecule has 5 heteroatoms. The summed E-state index contributed by atoms with van der Waals surface area (Å²) in [5.41, 5.74) is 2.37. The Hall–Kier alpha value is -2.56. The smallest absolute Gasteiger partial charge is 0.339 e. The number of amides is 1. The number of hydrogen-bond acceptors (Lipinski definition) is 3. The summed E-state index contributed by atoms with van der Waals surface area (Å²) in [5.74, 6) is -0.836. The van der Waals surface area contributed by atoms with Crippen LogP contribution in [0.25, 0.3) is 0 Å². The number of nitrogens with zero attached hydrogens (tertiary/aromatic N) is 1. The van der Waals surface area contributed by atoms with Gasteiger partial charge in [0.25, 0.3) is 5.91 Å². The molecule has 1 saturated heterocycles. The summed E-state index contributed by atoms with van der Waals surface area (Å²) in [5, 5.41) is 9.24. The molecular weight excluding hydrogens is 306 g/mol. The molecule has 1 aliphatic heterocycles. The molecule has 1 amide bonds. The van der Waals surface area contributed by atoms with Gasteiger partial charge in [0.2, 0.25) is 0 Å². The zero-order chi connectivity index (χ0) is 17.3. The fourth-order valence-electron chi connectivity index (χ4n) is 3.41. The first-order valence-electron chi connectivity index (χ1n) is 8.25. The molecule has 2 heterocycles. The summed E-state index contributed by atoms with van der Waals surface area (Å²) in [6.07, 6.45) is 2.28. The highest BCUT2D eigenvalue weighted by Gasteiger charge is 2.33. The topological polar surface area (TPSA) is 70.8 Å². The van der Waals surface area contributed by atoms with Gasteiger partial charge < -0.3 is 14.4 Å². The van der Waals surface area contributed by atoms with E-state index < -0.39 is 5.97 Å². The number of furan rings is 1. The number of aromatic carboxylic acids is 1. The monoisotopic (exact) mass is 327 g/mol. The summed E-state index contributed by atoms with van der Waals surface area (Å²) in [6, 6.07) is 9.43. The minimum Gasteiger partial charge on any atom is -0.478 e. The fraction of sp³-hybridized carbons (Fsp3) is 0.368. The fourth-order valence-corrected chi connectivity index (χ4v) is 3.41. The van der Waals surface area contributed by atoms with E-state index in [0.29, 0.717) is 18.7 Å². The zero-order valence-corrected chi connectivity index (χ0v) is 13.9. The molecule has 24 heavy (non-hydrogen) atoms. The number of hydrogen-bond donors (Lipinski definition) is 1. The summed E-state index contributed by atoms with van der Waals surface area (Å²) < 4.78 is 5.54. The lowest BCUT2D eigenvalue weighted by molar-refractivity contribution is 0.0687. The maximum absolute atomic E-state index is 12.9. The minimum absolute atomic E-state index is 0.0159. The summed E-state index contributed by atoms with van der Waals surface area (Å²) in [6.45, 7) is 4.51. The van der Waals surface area contributed by atoms with E-state index in [4.69, 9.17) is 4.42 Å². The van der Waals surface area contributed by atoms with Crippen LogP contribution in [-0.4, -0.2) is 28.4 Å². The van der Waals surface area contributed by atoms with Crippen LogP contribution in [0, 0.1) is 6.92 Å². The van der Waals surface area contributed by atoms with Gasteiger partial charge >= 0.3 is 5.97 Å². The number of carboxylic acids is 1. The SMILES string of the molecule is CCc1oc(C(=O)N2CCCC2c2ccccc2C)cc1C(=O)O. The first-order chi connectivity index (χ1) is 11.5. The van der Waals surface area contributed by atoms with E-state index in [2.05, 4.69) is 0 Å². The maximum atomic E-state index is 12.9. The van der Waals surface area contributed by atoms with E-state index in [0.717, 1.165) is 24.0 Å². The van der Waals surface area contributed by atoms with Gasteiger partial charge in [0.15, 0.2) is 5.76 Å². The molecular formula is C19H21NO4. The molecule has 1 aromatic heterocycles. The number of aryl methyl sites for hydroxylation is 2. The van der Waals surface area contributed by atoms with Gasteiger partial charge in [0, 0.05) is 19.0 Å². The van der Waals surface area contributed by atoms with Crippen molar-refractivity contribution < 1.29 is 19.1 Å². The number of carbonyl (C=O) groups excluding carboxylic acids is 1. The van der Waals surface area contributed by atoms with E-state index in [1.165, 1.54) is 6.07 Å². The number of carbonyl (C=O) groups is 2. The molecule has 0 saturated carbocycles. The van der Waals surface area contributed by atoms with Crippen molar-refractivity contribution in [2.45, 2.75) is 39.2 Å². The second-order valence-corrected chi connectivity index (χ2v) is 6.12. The average molecular weight is 327 g/mol. The molecule has 0 spiro atoms. The van der Waals surface area contributed by atoms with Gasteiger partial charge in [-0.2, -0.15) is 0 Å². The van der Waals surface area contributed by atoms with E-state index in [-0.39, 0.29) is 23.3 Å². The van der Waals surface area contributed by atoms with E-state index in [1.807, 2.05) is 38.1 Å². The van der Waals surface area contributed by atoms with E-state index >= 15 is 0 Å². The third-order valence-corrected chi connectivity index (χ3v) is 4.63. The zero-order valence-electron chi connectivity index (χ0n) is 13.9. The third-order valence-electron chi connectivity index (χ3n) is 4.63. The lowest BCUT2D eigenvalue weighted by Crippen LogP contribution is -2.30. The van der Waals surface area contributed by atoms with Gasteiger partial charge in [-0.3, -0.25) is 4.79 Å². The number of carboxylic acid groups (broad SMARTS) is 1. The molecule has 2 aromatic rings. The second-order valence-electron chi connectivity index (χ2n) is 6.12. The van der Waals surface area contributed by atoms with Crippen molar-refractivity contribution in [2.24, 2.45) is 0 Å². The lowest BCUT2D eigenvalue weighted by atomic mass is 9.99. The normalized spacial score (nSPS) is 17.2. The standard InChI is InChI=1S/C19H21NO4/c1-3-16-14(19(22)23)11-17(24-16)18(21)20-10-6-9-15(20)13-8-5-4-7-12(13)2/h4-5,7-8,11,15H,3,6,9-10H2,1-2H3,(H,22,23). The number of rotatable bonds is 4. The highest BCUT2D eigenvalue weighted by Crippen LogP contribution is 2.35. The van der Waals surface area contributed by atoms with Crippen LogP contribution in [0.3, 0.4) is 0 Å². The Morgan fingerprint density at radius 2 is 2.08 bits per heavy atom. The summed E-state index contributed by atoms with van der Waals surface area (Å²) in [7, 11) is 0. The first kappa shape index (κ1) is 16.3. The van der Waals surface area contributed by atoms with Crippen LogP contribution in [0.15, 0.2) is 34.7 Å². The molecule has 1 N–H and O–H groups in total. The largest absolute Gasteiger partial charge is 0.478 e. The molecule has 1 aromatic carbocycles. The average Bonchev–Trinajstić information content (AvgIpc) is 3.21. The lowest BCUT2D eigenvalue weighted by Gasteiger charge is -2.25. The third kappa shape index (κ3) is 2.82. The Morgan fingerprint density at radius 1 is 1.33 bits per heavy atom. The van der Waals surface area contributed by atoms with Crippen LogP contribution in [0.4, 0.5) is 0 Å². The van der Waals surface area contributed by atoms with E-state index in [9.17, 15) is 14.7 Å². The Labute approximate surface area is 140 Å². The Bertz CT molecular complexity index is 777. The quantitative estimate of drug-likeness (QED) is 0.926. The Balaban J connectivity index is 1.92. The van der Waals surface area contributed by atoms with Crippen LogP contribution >= 0.6 is 0 Å². The summed E-state index contributed by atoms with van der Waals surface area (Å²) in [4.78, 5) is 26.0. The Morgan fingerprint density at radius 3 is 2.71 bits per heavy atom. The predicted molar refractivity (Wildman–Crippen MR) is 89.2 cm³/mol. The highest BCUT2D eigenvalue weighted by atomic mass is 16.4. The molecule has 1 aliphatic rings. The molecule has 5 nitrogen and oxygen atoms in total. The second kappa shape index (κ2) is 6.51. The van der Waals surface area contributed by atoms with Crippen LogP contribution in [-0.2, 0) is 6.42 Å². The van der Waals surface area contributed by atoms with Crippen molar-refractivity contribution in [3.63, 3.8) is 0 Å². The van der Waals surface area contributed by atoms with Crippen molar-refractivity contribution in [3.8, 4) is 0 Å². The van der Waals surface area contributed by atoms with Gasteiger partial charge in [-0.25, -0.2) is 4.79 Å². The van der Waals surface area contributed by atoms with Crippen LogP contribution < -0.4 is 0 Å². The minimum atomic E-state index is -1.06. The molecule has 1 atom stereocenters. The molecule has 0 bridgehead atoms. The van der Waals surface area contributed by atoms with Crippen molar-refractivity contribution in [1.82, 2.24) is 4.90 Å². The molecule has 3 rings (SSSR count). The van der Waals surface area contributed by atoms with Gasteiger partial charge in [0.1, 0.15) is 11.3 Å². The van der Waals surface area contributed by atoms with Crippen molar-refractivity contribution in [1.29, 1.82) is 0 Å².